The van der Waals surface area contributed by atoms with Gasteiger partial charge < -0.3 is 0 Å². The van der Waals surface area contributed by atoms with E-state index in [0.717, 1.165) is 24.0 Å². The van der Waals surface area contributed by atoms with Crippen LogP contribution in [0.4, 0.5) is 0 Å². The van der Waals surface area contributed by atoms with Crippen LogP contribution < -0.4 is 0 Å². The molecule has 0 N–H and O–H groups in total. The molecule has 11 aromatic rings. The number of hydrogen-bond donors (Lipinski definition) is 0. The average Bonchev–Trinajstić information content (AvgIpc) is 3.43. The fourth-order valence-corrected chi connectivity index (χ4v) is 10.5. The van der Waals surface area contributed by atoms with Crippen LogP contribution in [0.3, 0.4) is 0 Å². The van der Waals surface area contributed by atoms with E-state index in [1.54, 1.807) is 0 Å². The zero-order chi connectivity index (χ0) is 45.2. The maximum absolute atomic E-state index is 4.42. The summed E-state index contributed by atoms with van der Waals surface area (Å²) in [5, 5.41) is 4.93. The molecule has 1 aliphatic carbocycles. The fourth-order valence-electron chi connectivity index (χ4n) is 10.5. The number of aromatic nitrogens is 1. The summed E-state index contributed by atoms with van der Waals surface area (Å²) < 4.78 is 0. The quantitative estimate of drug-likeness (QED) is 0.132. The third-order valence-electron chi connectivity index (χ3n) is 13.6. The lowest BCUT2D eigenvalue weighted by atomic mass is 9.78. The van der Waals surface area contributed by atoms with Crippen LogP contribution in [0, 0.1) is 0 Å². The standard InChI is InChI=1S/C67H47N/c1-5-21-46(22-6-1)61-44-62(66(48-25-9-3-10-26-48)67(49-27-11-4-12-28-49)65(61)47-23-7-2-8-24-47)53-32-17-29-50(41-53)51-30-18-33-54(42-51)63-57-36-13-15-38-59(57)64(60-39-16-14-37-58(60)63)55-34-19-31-52(43-55)56-35-20-40-68-45-56/h1,3-7,9-45H,2,8H2. The van der Waals surface area contributed by atoms with Gasteiger partial charge in [-0.15, -0.1) is 0 Å². The normalized spacial score (nSPS) is 12.3. The van der Waals surface area contributed by atoms with Crippen molar-refractivity contribution in [1.29, 1.82) is 0 Å². The molecule has 0 spiro atoms. The van der Waals surface area contributed by atoms with E-state index in [2.05, 4.69) is 248 Å². The minimum atomic E-state index is 1.02. The van der Waals surface area contributed by atoms with E-state index >= 15 is 0 Å². The summed E-state index contributed by atoms with van der Waals surface area (Å²) in [5.74, 6) is 0. The number of pyridine rings is 1. The Morgan fingerprint density at radius 1 is 0.279 bits per heavy atom. The van der Waals surface area contributed by atoms with E-state index in [1.165, 1.54) is 111 Å². The lowest BCUT2D eigenvalue weighted by Gasteiger charge is -2.25. The van der Waals surface area contributed by atoms with E-state index in [4.69, 9.17) is 0 Å². The van der Waals surface area contributed by atoms with Gasteiger partial charge in [-0.2, -0.15) is 0 Å². The summed E-state index contributed by atoms with van der Waals surface area (Å²) in [6, 6.07) is 84.6. The van der Waals surface area contributed by atoms with Gasteiger partial charge in [0.2, 0.25) is 0 Å². The topological polar surface area (TPSA) is 12.9 Å². The summed E-state index contributed by atoms with van der Waals surface area (Å²) in [6.45, 7) is 0. The zero-order valence-corrected chi connectivity index (χ0v) is 37.7. The molecule has 1 heterocycles. The molecule has 1 nitrogen and oxygen atoms in total. The highest BCUT2D eigenvalue weighted by molar-refractivity contribution is 6.21. The Labute approximate surface area is 398 Å². The van der Waals surface area contributed by atoms with E-state index in [0.29, 0.717) is 0 Å². The highest BCUT2D eigenvalue weighted by Crippen LogP contribution is 2.50. The fraction of sp³-hybridized carbons (Fsp3) is 0.0299. The van der Waals surface area contributed by atoms with Crippen molar-refractivity contribution in [3.05, 3.63) is 267 Å². The monoisotopic (exact) mass is 865 g/mol. The van der Waals surface area contributed by atoms with Crippen molar-refractivity contribution < 1.29 is 0 Å². The first kappa shape index (κ1) is 40.8. The molecular formula is C67H47N. The van der Waals surface area contributed by atoms with Gasteiger partial charge in [0.1, 0.15) is 0 Å². The molecule has 0 aliphatic heterocycles. The van der Waals surface area contributed by atoms with Crippen LogP contribution in [0.15, 0.2) is 261 Å². The average molecular weight is 866 g/mol. The molecule has 0 saturated carbocycles. The molecule has 0 bridgehead atoms. The second kappa shape index (κ2) is 18.0. The first-order valence-corrected chi connectivity index (χ1v) is 23.7. The smallest absolute Gasteiger partial charge is 0.0346 e. The Balaban J connectivity index is 1.05. The van der Waals surface area contributed by atoms with Gasteiger partial charge in [-0.05, 0) is 159 Å². The largest absolute Gasteiger partial charge is 0.264 e. The molecule has 1 heteroatoms. The number of rotatable bonds is 9. The summed E-state index contributed by atoms with van der Waals surface area (Å²) in [4.78, 5) is 4.42. The lowest BCUT2D eigenvalue weighted by molar-refractivity contribution is 1.04. The van der Waals surface area contributed by atoms with Crippen LogP contribution >= 0.6 is 0 Å². The minimum absolute atomic E-state index is 1.02. The van der Waals surface area contributed by atoms with Gasteiger partial charge in [-0.25, -0.2) is 0 Å². The van der Waals surface area contributed by atoms with Gasteiger partial charge in [0, 0.05) is 18.0 Å². The summed E-state index contributed by atoms with van der Waals surface area (Å²) >= 11 is 0. The maximum Gasteiger partial charge on any atom is 0.0346 e. The van der Waals surface area contributed by atoms with Gasteiger partial charge in [0.25, 0.3) is 0 Å². The molecule has 0 atom stereocenters. The molecule has 0 unspecified atom stereocenters. The number of benzene rings is 10. The summed E-state index contributed by atoms with van der Waals surface area (Å²) in [6.07, 6.45) is 12.9. The zero-order valence-electron chi connectivity index (χ0n) is 37.7. The molecule has 0 amide bonds. The van der Waals surface area contributed by atoms with E-state index in [1.807, 2.05) is 18.5 Å². The lowest BCUT2D eigenvalue weighted by Crippen LogP contribution is -2.01. The van der Waals surface area contributed by atoms with Crippen molar-refractivity contribution in [3.8, 4) is 89.0 Å². The van der Waals surface area contributed by atoms with Crippen LogP contribution in [-0.2, 0) is 0 Å². The highest BCUT2D eigenvalue weighted by Gasteiger charge is 2.25. The van der Waals surface area contributed by atoms with Crippen LogP contribution in [0.5, 0.6) is 0 Å². The van der Waals surface area contributed by atoms with Crippen molar-refractivity contribution in [1.82, 2.24) is 4.98 Å². The summed E-state index contributed by atoms with van der Waals surface area (Å²) in [7, 11) is 0. The molecule has 1 aliphatic rings. The summed E-state index contributed by atoms with van der Waals surface area (Å²) in [5.41, 5.74) is 21.7. The second-order valence-corrected chi connectivity index (χ2v) is 17.7. The molecule has 1 aromatic heterocycles. The second-order valence-electron chi connectivity index (χ2n) is 17.7. The molecule has 10 aromatic carbocycles. The van der Waals surface area contributed by atoms with Crippen molar-refractivity contribution in [2.75, 3.05) is 0 Å². The molecule has 12 rings (SSSR count). The third-order valence-corrected chi connectivity index (χ3v) is 13.6. The predicted molar refractivity (Wildman–Crippen MR) is 289 cm³/mol. The Hall–Kier alpha value is -8.65. The van der Waals surface area contributed by atoms with Crippen LogP contribution in [0.2, 0.25) is 0 Å². The van der Waals surface area contributed by atoms with Crippen molar-refractivity contribution in [2.24, 2.45) is 0 Å². The van der Waals surface area contributed by atoms with Crippen molar-refractivity contribution in [2.45, 2.75) is 12.8 Å². The van der Waals surface area contributed by atoms with Gasteiger partial charge >= 0.3 is 0 Å². The van der Waals surface area contributed by atoms with E-state index in [9.17, 15) is 0 Å². The van der Waals surface area contributed by atoms with Gasteiger partial charge in [-0.1, -0.05) is 218 Å². The Kier molecular flexibility index (Phi) is 10.8. The first-order valence-electron chi connectivity index (χ1n) is 23.7. The van der Waals surface area contributed by atoms with E-state index in [-0.39, 0.29) is 0 Å². The predicted octanol–water partition coefficient (Wildman–Crippen LogP) is 18.5. The highest BCUT2D eigenvalue weighted by atomic mass is 14.6. The van der Waals surface area contributed by atoms with Crippen LogP contribution in [-0.4, -0.2) is 4.98 Å². The van der Waals surface area contributed by atoms with Gasteiger partial charge in [0.05, 0.1) is 0 Å². The SMILES string of the molecule is C1=CC(c2c(-c3ccccc3)cc(-c3cccc(-c4cccc(-c5c6ccccc6c(-c6cccc(-c7cccnc7)c6)c6ccccc56)c4)c3)c(-c3ccccc3)c2-c2ccccc2)=CCC1. The third kappa shape index (κ3) is 7.55. The Morgan fingerprint density at radius 3 is 1.22 bits per heavy atom. The van der Waals surface area contributed by atoms with E-state index < -0.39 is 0 Å². The maximum atomic E-state index is 4.42. The Morgan fingerprint density at radius 2 is 0.706 bits per heavy atom. The molecule has 0 radical (unpaired) electrons. The van der Waals surface area contributed by atoms with Crippen LogP contribution in [0.25, 0.3) is 116 Å². The van der Waals surface area contributed by atoms with Crippen LogP contribution in [0.1, 0.15) is 18.4 Å². The minimum Gasteiger partial charge on any atom is -0.264 e. The number of nitrogens with zero attached hydrogens (tertiary/aromatic N) is 1. The number of hydrogen-bond acceptors (Lipinski definition) is 1. The molecule has 0 fully saturated rings. The number of allylic oxidation sites excluding steroid dienone is 4. The van der Waals surface area contributed by atoms with Crippen molar-refractivity contribution >= 4 is 27.1 Å². The molecule has 68 heavy (non-hydrogen) atoms. The number of fused-ring (bicyclic) bond motifs is 2. The Bertz CT molecular complexity index is 3640. The molecule has 320 valence electrons. The van der Waals surface area contributed by atoms with Crippen molar-refractivity contribution in [3.63, 3.8) is 0 Å². The van der Waals surface area contributed by atoms with Gasteiger partial charge in [0.15, 0.2) is 0 Å². The molecule has 0 saturated heterocycles. The molecular weight excluding hydrogens is 819 g/mol. The first-order chi connectivity index (χ1) is 33.8. The van der Waals surface area contributed by atoms with Gasteiger partial charge in [-0.3, -0.25) is 4.98 Å².